The highest BCUT2D eigenvalue weighted by Crippen LogP contribution is 2.38. The Morgan fingerprint density at radius 3 is 2.50 bits per heavy atom. The standard InChI is InChI=1S/C34H35BrN8O3/c1-6-32(44)38-25-19-26(39-34-36-16-15-31(40-34)37-27-21-43(4)28-10-8-7-9-24(27)28)30(46-5)20-29(25)41(2)17-18-42(3)33(45)22-11-13-23(35)14-12-22/h6-16,19-21H,1,17-18H2,2-5H3,(H,38,44)(H2,36,37,39,40). The Kier molecular flexibility index (Phi) is 9.87. The SMILES string of the molecule is C=CC(=O)Nc1cc(Nc2nccc(Nc3cn(C)c4ccccc34)n2)c(OC)cc1N(C)CCN(C)C(=O)c1ccc(Br)cc1. The summed E-state index contributed by atoms with van der Waals surface area (Å²) in [6.45, 7) is 4.51. The summed E-state index contributed by atoms with van der Waals surface area (Å²) in [5.41, 5.74) is 4.37. The molecule has 0 aliphatic carbocycles. The van der Waals surface area contributed by atoms with Gasteiger partial charge in [0.1, 0.15) is 11.6 Å². The smallest absolute Gasteiger partial charge is 0.253 e. The lowest BCUT2D eigenvalue weighted by molar-refractivity contribution is -0.111. The average molecular weight is 684 g/mol. The second-order valence-electron chi connectivity index (χ2n) is 10.6. The molecule has 12 heteroatoms. The highest BCUT2D eigenvalue weighted by atomic mass is 79.9. The number of fused-ring (bicyclic) bond motifs is 1. The molecule has 5 aromatic rings. The summed E-state index contributed by atoms with van der Waals surface area (Å²) in [6, 6.07) is 20.7. The average Bonchev–Trinajstić information content (AvgIpc) is 3.38. The second kappa shape index (κ2) is 14.2. The first kappa shape index (κ1) is 32.0. The van der Waals surface area contributed by atoms with E-state index in [2.05, 4.69) is 65.1 Å². The Balaban J connectivity index is 1.36. The lowest BCUT2D eigenvalue weighted by atomic mass is 10.2. The van der Waals surface area contributed by atoms with Gasteiger partial charge in [0.25, 0.3) is 5.91 Å². The van der Waals surface area contributed by atoms with Gasteiger partial charge in [-0.3, -0.25) is 9.59 Å². The van der Waals surface area contributed by atoms with Crippen molar-refractivity contribution in [3.63, 3.8) is 0 Å². The molecule has 0 aliphatic heterocycles. The van der Waals surface area contributed by atoms with Gasteiger partial charge in [-0.05, 0) is 48.5 Å². The van der Waals surface area contributed by atoms with Crippen LogP contribution in [0.15, 0.2) is 96.3 Å². The third-order valence-electron chi connectivity index (χ3n) is 7.44. The number of anilines is 6. The monoisotopic (exact) mass is 682 g/mol. The van der Waals surface area contributed by atoms with Gasteiger partial charge >= 0.3 is 0 Å². The van der Waals surface area contributed by atoms with Gasteiger partial charge in [-0.2, -0.15) is 4.98 Å². The Bertz CT molecular complexity index is 1890. The molecular formula is C34H35BrN8O3. The fraction of sp³-hybridized carbons (Fsp3) is 0.176. The van der Waals surface area contributed by atoms with E-state index in [1.165, 1.54) is 6.08 Å². The number of hydrogen-bond acceptors (Lipinski definition) is 8. The summed E-state index contributed by atoms with van der Waals surface area (Å²) in [5.74, 6) is 0.986. The predicted molar refractivity (Wildman–Crippen MR) is 188 cm³/mol. The van der Waals surface area contributed by atoms with Crippen LogP contribution in [0.1, 0.15) is 10.4 Å². The van der Waals surface area contributed by atoms with Crippen LogP contribution in [0.5, 0.6) is 5.75 Å². The van der Waals surface area contributed by atoms with Crippen molar-refractivity contribution < 1.29 is 14.3 Å². The molecule has 0 atom stereocenters. The molecule has 2 amide bonds. The topological polar surface area (TPSA) is 117 Å². The van der Waals surface area contributed by atoms with Crippen molar-refractivity contribution in [1.82, 2.24) is 19.4 Å². The number of halogens is 1. The molecule has 5 rings (SSSR count). The molecule has 0 saturated heterocycles. The van der Waals surface area contributed by atoms with Gasteiger partial charge in [-0.1, -0.05) is 40.7 Å². The third-order valence-corrected chi connectivity index (χ3v) is 7.97. The number of aryl methyl sites for hydroxylation is 1. The zero-order chi connectivity index (χ0) is 32.8. The van der Waals surface area contributed by atoms with Crippen LogP contribution in [0.2, 0.25) is 0 Å². The van der Waals surface area contributed by atoms with E-state index in [0.717, 1.165) is 21.1 Å². The van der Waals surface area contributed by atoms with E-state index >= 15 is 0 Å². The van der Waals surface area contributed by atoms with Crippen LogP contribution in [0.4, 0.5) is 34.5 Å². The van der Waals surface area contributed by atoms with Crippen LogP contribution < -0.4 is 25.6 Å². The Hall–Kier alpha value is -5.36. The molecule has 0 spiro atoms. The van der Waals surface area contributed by atoms with Gasteiger partial charge in [0.05, 0.1) is 29.9 Å². The quantitative estimate of drug-likeness (QED) is 0.127. The van der Waals surface area contributed by atoms with Crippen LogP contribution in [0.25, 0.3) is 10.9 Å². The molecule has 0 fully saturated rings. The molecule has 2 heterocycles. The van der Waals surface area contributed by atoms with E-state index in [9.17, 15) is 9.59 Å². The fourth-order valence-electron chi connectivity index (χ4n) is 4.96. The number of para-hydroxylation sites is 1. The maximum Gasteiger partial charge on any atom is 0.253 e. The minimum Gasteiger partial charge on any atom is -0.494 e. The lowest BCUT2D eigenvalue weighted by Gasteiger charge is -2.27. The molecule has 11 nitrogen and oxygen atoms in total. The summed E-state index contributed by atoms with van der Waals surface area (Å²) in [7, 11) is 7.21. The number of nitrogens with zero attached hydrogens (tertiary/aromatic N) is 5. The van der Waals surface area contributed by atoms with Gasteiger partial charge in [-0.15, -0.1) is 0 Å². The minimum absolute atomic E-state index is 0.0876. The van der Waals surface area contributed by atoms with E-state index in [4.69, 9.17) is 4.74 Å². The zero-order valence-corrected chi connectivity index (χ0v) is 27.6. The molecule has 3 aromatic carbocycles. The molecular weight excluding hydrogens is 648 g/mol. The number of amides is 2. The number of likely N-dealkylation sites (N-methyl/N-ethyl adjacent to an activating group) is 2. The van der Waals surface area contributed by atoms with Gasteiger partial charge in [0.2, 0.25) is 11.9 Å². The van der Waals surface area contributed by atoms with Crippen LogP contribution in [0.3, 0.4) is 0 Å². The molecule has 0 radical (unpaired) electrons. The highest BCUT2D eigenvalue weighted by molar-refractivity contribution is 9.10. The van der Waals surface area contributed by atoms with E-state index in [-0.39, 0.29) is 11.8 Å². The molecule has 0 unspecified atom stereocenters. The van der Waals surface area contributed by atoms with Crippen molar-refractivity contribution in [3.8, 4) is 5.75 Å². The zero-order valence-electron chi connectivity index (χ0n) is 26.0. The van der Waals surface area contributed by atoms with Crippen LogP contribution in [0, 0.1) is 0 Å². The first-order chi connectivity index (χ1) is 22.2. The Morgan fingerprint density at radius 1 is 1.00 bits per heavy atom. The maximum absolute atomic E-state index is 12.9. The van der Waals surface area contributed by atoms with E-state index in [0.29, 0.717) is 53.2 Å². The summed E-state index contributed by atoms with van der Waals surface area (Å²) in [6.07, 6.45) is 4.88. The number of aromatic nitrogens is 3. The van der Waals surface area contributed by atoms with Gasteiger partial charge < -0.3 is 35.1 Å². The van der Waals surface area contributed by atoms with Crippen molar-refractivity contribution in [1.29, 1.82) is 0 Å². The van der Waals surface area contributed by atoms with Crippen LogP contribution >= 0.6 is 15.9 Å². The molecule has 3 N–H and O–H groups in total. The van der Waals surface area contributed by atoms with E-state index < -0.39 is 0 Å². The molecule has 236 valence electrons. The van der Waals surface area contributed by atoms with E-state index in [1.54, 1.807) is 49.5 Å². The normalized spacial score (nSPS) is 10.7. The third kappa shape index (κ3) is 7.29. The Morgan fingerprint density at radius 2 is 1.76 bits per heavy atom. The first-order valence-corrected chi connectivity index (χ1v) is 15.2. The number of hydrogen-bond donors (Lipinski definition) is 3. The molecule has 2 aromatic heterocycles. The van der Waals surface area contributed by atoms with Crippen molar-refractivity contribution in [2.24, 2.45) is 7.05 Å². The van der Waals surface area contributed by atoms with Crippen molar-refractivity contribution in [3.05, 3.63) is 102 Å². The van der Waals surface area contributed by atoms with E-state index in [1.807, 2.05) is 55.5 Å². The minimum atomic E-state index is -0.370. The number of benzene rings is 3. The van der Waals surface area contributed by atoms with Gasteiger partial charge in [0.15, 0.2) is 0 Å². The molecule has 0 aliphatic rings. The second-order valence-corrected chi connectivity index (χ2v) is 11.5. The fourth-order valence-corrected chi connectivity index (χ4v) is 5.22. The van der Waals surface area contributed by atoms with Crippen molar-refractivity contribution in [2.45, 2.75) is 0 Å². The van der Waals surface area contributed by atoms with Crippen LogP contribution in [-0.4, -0.2) is 65.5 Å². The largest absolute Gasteiger partial charge is 0.494 e. The first-order valence-electron chi connectivity index (χ1n) is 14.5. The maximum atomic E-state index is 12.9. The number of rotatable bonds is 12. The number of carbonyl (C=O) groups is 2. The molecule has 0 bridgehead atoms. The number of ether oxygens (including phenoxy) is 1. The lowest BCUT2D eigenvalue weighted by Crippen LogP contribution is -2.35. The van der Waals surface area contributed by atoms with Gasteiger partial charge in [0, 0.05) is 73.6 Å². The predicted octanol–water partition coefficient (Wildman–Crippen LogP) is 6.56. The van der Waals surface area contributed by atoms with Crippen LogP contribution in [-0.2, 0) is 11.8 Å². The summed E-state index contributed by atoms with van der Waals surface area (Å²) in [4.78, 5) is 38.0. The summed E-state index contributed by atoms with van der Waals surface area (Å²) < 4.78 is 8.70. The van der Waals surface area contributed by atoms with Gasteiger partial charge in [-0.25, -0.2) is 4.98 Å². The number of nitrogens with one attached hydrogen (secondary N) is 3. The molecule has 46 heavy (non-hydrogen) atoms. The highest BCUT2D eigenvalue weighted by Gasteiger charge is 2.18. The number of carbonyl (C=O) groups excluding carboxylic acids is 2. The van der Waals surface area contributed by atoms with Crippen molar-refractivity contribution >= 4 is 73.2 Å². The molecule has 0 saturated carbocycles. The summed E-state index contributed by atoms with van der Waals surface area (Å²) in [5, 5.41) is 10.6. The Labute approximate surface area is 276 Å². The van der Waals surface area contributed by atoms with Crippen molar-refractivity contribution in [2.75, 3.05) is 55.1 Å². The summed E-state index contributed by atoms with van der Waals surface area (Å²) >= 11 is 3.40. The number of methoxy groups -OCH3 is 1.